The summed E-state index contributed by atoms with van der Waals surface area (Å²) in [5.41, 5.74) is 5.28. The van der Waals surface area contributed by atoms with Gasteiger partial charge in [-0.25, -0.2) is 0 Å². The van der Waals surface area contributed by atoms with Crippen molar-refractivity contribution in [2.24, 2.45) is 0 Å². The fourth-order valence-corrected chi connectivity index (χ4v) is 3.72. The van der Waals surface area contributed by atoms with Crippen molar-refractivity contribution in [1.29, 1.82) is 0 Å². The summed E-state index contributed by atoms with van der Waals surface area (Å²) in [6.07, 6.45) is 1.76. The molecule has 0 saturated carbocycles. The Kier molecular flexibility index (Phi) is 5.09. The standard InChI is InChI=1S/C25H23N3O/c1-17-12-13-22-20(15-17)21(16-18(2)27-22)25(29)28(3)24(19-9-5-4-6-10-19)23-11-7-8-14-26-23/h4-16,24H,1-3H3/t24-/m0/s1. The Hall–Kier alpha value is -3.53. The fraction of sp³-hybridized carbons (Fsp3) is 0.160. The molecular formula is C25H23N3O. The van der Waals surface area contributed by atoms with Gasteiger partial charge in [0.15, 0.2) is 0 Å². The van der Waals surface area contributed by atoms with Crippen LogP contribution in [-0.4, -0.2) is 27.8 Å². The number of rotatable bonds is 4. The van der Waals surface area contributed by atoms with E-state index in [-0.39, 0.29) is 11.9 Å². The molecule has 2 aromatic carbocycles. The highest BCUT2D eigenvalue weighted by molar-refractivity contribution is 6.06. The van der Waals surface area contributed by atoms with Gasteiger partial charge in [-0.05, 0) is 49.7 Å². The van der Waals surface area contributed by atoms with Crippen LogP contribution in [0.2, 0.25) is 0 Å². The van der Waals surface area contributed by atoms with Gasteiger partial charge in [-0.3, -0.25) is 14.8 Å². The monoisotopic (exact) mass is 381 g/mol. The lowest BCUT2D eigenvalue weighted by Gasteiger charge is -2.29. The van der Waals surface area contributed by atoms with Gasteiger partial charge in [0.25, 0.3) is 5.91 Å². The minimum absolute atomic E-state index is 0.0504. The van der Waals surface area contributed by atoms with Crippen molar-refractivity contribution < 1.29 is 4.79 Å². The molecular weight excluding hydrogens is 358 g/mol. The Morgan fingerprint density at radius 2 is 1.69 bits per heavy atom. The van der Waals surface area contributed by atoms with Gasteiger partial charge in [0.2, 0.25) is 0 Å². The molecule has 4 aromatic rings. The number of carbonyl (C=O) groups is 1. The van der Waals surface area contributed by atoms with Gasteiger partial charge in [0.05, 0.1) is 22.8 Å². The van der Waals surface area contributed by atoms with Crippen molar-refractivity contribution >= 4 is 16.8 Å². The molecule has 0 N–H and O–H groups in total. The van der Waals surface area contributed by atoms with Gasteiger partial charge in [-0.1, -0.05) is 48.0 Å². The summed E-state index contributed by atoms with van der Waals surface area (Å²) in [6, 6.07) is 23.4. The highest BCUT2D eigenvalue weighted by atomic mass is 16.2. The molecule has 4 rings (SSSR count). The van der Waals surface area contributed by atoms with Gasteiger partial charge in [0, 0.05) is 24.3 Å². The maximum Gasteiger partial charge on any atom is 0.255 e. The molecule has 0 fully saturated rings. The summed E-state index contributed by atoms with van der Waals surface area (Å²) in [5, 5.41) is 0.875. The van der Waals surface area contributed by atoms with E-state index in [1.807, 2.05) is 93.7 Å². The first-order valence-corrected chi connectivity index (χ1v) is 9.65. The first kappa shape index (κ1) is 18.8. The molecule has 4 heteroatoms. The Labute approximate surface area is 170 Å². The van der Waals surface area contributed by atoms with Crippen molar-refractivity contribution in [3.8, 4) is 0 Å². The number of hydrogen-bond donors (Lipinski definition) is 0. The van der Waals surface area contributed by atoms with Gasteiger partial charge in [-0.2, -0.15) is 0 Å². The maximum atomic E-state index is 13.7. The summed E-state index contributed by atoms with van der Waals surface area (Å²) in [4.78, 5) is 24.6. The van der Waals surface area contributed by atoms with Crippen molar-refractivity contribution in [3.05, 3.63) is 107 Å². The third-order valence-corrected chi connectivity index (χ3v) is 5.11. The Morgan fingerprint density at radius 3 is 2.41 bits per heavy atom. The lowest BCUT2D eigenvalue weighted by molar-refractivity contribution is 0.0754. The molecule has 144 valence electrons. The van der Waals surface area contributed by atoms with E-state index in [2.05, 4.69) is 9.97 Å². The SMILES string of the molecule is Cc1ccc2nc(C)cc(C(=O)N(C)[C@@H](c3ccccc3)c3ccccn3)c2c1. The van der Waals surface area contributed by atoms with Crippen LogP contribution in [0.4, 0.5) is 0 Å². The Bertz CT molecular complexity index is 1120. The molecule has 1 atom stereocenters. The fourth-order valence-electron chi connectivity index (χ4n) is 3.72. The number of hydrogen-bond acceptors (Lipinski definition) is 3. The number of aromatic nitrogens is 2. The van der Waals surface area contributed by atoms with E-state index < -0.39 is 0 Å². The smallest absolute Gasteiger partial charge is 0.255 e. The Balaban J connectivity index is 1.83. The molecule has 0 aliphatic carbocycles. The average Bonchev–Trinajstić information content (AvgIpc) is 2.74. The molecule has 0 bridgehead atoms. The van der Waals surface area contributed by atoms with Crippen LogP contribution in [0.15, 0.2) is 79.0 Å². The molecule has 2 heterocycles. The van der Waals surface area contributed by atoms with Gasteiger partial charge < -0.3 is 4.90 Å². The molecule has 0 spiro atoms. The van der Waals surface area contributed by atoms with Gasteiger partial charge in [-0.15, -0.1) is 0 Å². The van der Waals surface area contributed by atoms with Gasteiger partial charge in [0.1, 0.15) is 0 Å². The molecule has 0 saturated heterocycles. The largest absolute Gasteiger partial charge is 0.329 e. The van der Waals surface area contributed by atoms with Crippen LogP contribution in [0, 0.1) is 13.8 Å². The molecule has 0 radical (unpaired) electrons. The zero-order chi connectivity index (χ0) is 20.4. The number of benzene rings is 2. The summed E-state index contributed by atoms with van der Waals surface area (Å²) < 4.78 is 0. The lowest BCUT2D eigenvalue weighted by atomic mass is 9.99. The molecule has 2 aromatic heterocycles. The minimum atomic E-state index is -0.279. The van der Waals surface area contributed by atoms with Crippen LogP contribution in [-0.2, 0) is 0 Å². The minimum Gasteiger partial charge on any atom is -0.329 e. The van der Waals surface area contributed by atoms with Crippen molar-refractivity contribution in [2.75, 3.05) is 7.05 Å². The van der Waals surface area contributed by atoms with Gasteiger partial charge >= 0.3 is 0 Å². The molecule has 1 amide bonds. The van der Waals surface area contributed by atoms with E-state index in [0.29, 0.717) is 5.56 Å². The zero-order valence-corrected chi connectivity index (χ0v) is 16.8. The normalized spacial score (nSPS) is 12.0. The predicted molar refractivity (Wildman–Crippen MR) is 116 cm³/mol. The number of amides is 1. The molecule has 0 aliphatic rings. The number of aryl methyl sites for hydroxylation is 2. The topological polar surface area (TPSA) is 46.1 Å². The van der Waals surface area contributed by atoms with E-state index in [9.17, 15) is 4.79 Å². The summed E-state index contributed by atoms with van der Waals surface area (Å²) in [6.45, 7) is 3.95. The van der Waals surface area contributed by atoms with Crippen molar-refractivity contribution in [1.82, 2.24) is 14.9 Å². The van der Waals surface area contributed by atoms with E-state index in [0.717, 1.165) is 33.4 Å². The molecule has 0 unspecified atom stereocenters. The second kappa shape index (κ2) is 7.84. The average molecular weight is 381 g/mol. The zero-order valence-electron chi connectivity index (χ0n) is 16.8. The molecule has 29 heavy (non-hydrogen) atoms. The lowest BCUT2D eigenvalue weighted by Crippen LogP contribution is -2.32. The van der Waals surface area contributed by atoms with E-state index in [1.165, 1.54) is 0 Å². The van der Waals surface area contributed by atoms with Crippen LogP contribution in [0.1, 0.15) is 38.9 Å². The molecule has 4 nitrogen and oxygen atoms in total. The number of fused-ring (bicyclic) bond motifs is 1. The van der Waals surface area contributed by atoms with Crippen LogP contribution in [0.3, 0.4) is 0 Å². The maximum absolute atomic E-state index is 13.7. The number of pyridine rings is 2. The van der Waals surface area contributed by atoms with Crippen LogP contribution >= 0.6 is 0 Å². The quantitative estimate of drug-likeness (QED) is 0.494. The van der Waals surface area contributed by atoms with E-state index >= 15 is 0 Å². The van der Waals surface area contributed by atoms with Crippen molar-refractivity contribution in [2.45, 2.75) is 19.9 Å². The molecule has 0 aliphatic heterocycles. The highest BCUT2D eigenvalue weighted by Gasteiger charge is 2.26. The third kappa shape index (κ3) is 3.74. The third-order valence-electron chi connectivity index (χ3n) is 5.11. The summed E-state index contributed by atoms with van der Waals surface area (Å²) in [7, 11) is 1.84. The number of nitrogens with zero attached hydrogens (tertiary/aromatic N) is 3. The first-order valence-electron chi connectivity index (χ1n) is 9.65. The second-order valence-corrected chi connectivity index (χ2v) is 7.32. The summed E-state index contributed by atoms with van der Waals surface area (Å²) in [5.74, 6) is -0.0504. The number of carbonyl (C=O) groups excluding carboxylic acids is 1. The van der Waals surface area contributed by atoms with E-state index in [1.54, 1.807) is 11.1 Å². The van der Waals surface area contributed by atoms with Crippen LogP contribution in [0.25, 0.3) is 10.9 Å². The first-order chi connectivity index (χ1) is 14.0. The van der Waals surface area contributed by atoms with Crippen LogP contribution in [0.5, 0.6) is 0 Å². The second-order valence-electron chi connectivity index (χ2n) is 7.32. The Morgan fingerprint density at radius 1 is 0.931 bits per heavy atom. The van der Waals surface area contributed by atoms with E-state index in [4.69, 9.17) is 0 Å². The predicted octanol–water partition coefficient (Wildman–Crippen LogP) is 5.11. The highest BCUT2D eigenvalue weighted by Crippen LogP contribution is 2.29. The van der Waals surface area contributed by atoms with Crippen molar-refractivity contribution in [3.63, 3.8) is 0 Å². The van der Waals surface area contributed by atoms with Crippen LogP contribution < -0.4 is 0 Å². The summed E-state index contributed by atoms with van der Waals surface area (Å²) >= 11 is 0.